The first-order valence-electron chi connectivity index (χ1n) is 4.22. The summed E-state index contributed by atoms with van der Waals surface area (Å²) in [4.78, 5) is 15.8. The van der Waals surface area contributed by atoms with E-state index >= 15 is 0 Å². The van der Waals surface area contributed by atoms with E-state index in [-0.39, 0.29) is 5.91 Å². The van der Waals surface area contributed by atoms with E-state index in [9.17, 15) is 4.79 Å². The number of rotatable bonds is 6. The second kappa shape index (κ2) is 7.06. The lowest BCUT2D eigenvalue weighted by molar-refractivity contribution is -0.134. The molecule has 0 fully saturated rings. The lowest BCUT2D eigenvalue weighted by Gasteiger charge is -2.07. The van der Waals surface area contributed by atoms with Gasteiger partial charge in [-0.1, -0.05) is 13.8 Å². The highest BCUT2D eigenvalue weighted by Gasteiger charge is 1.99. The van der Waals surface area contributed by atoms with Crippen molar-refractivity contribution in [2.75, 3.05) is 20.2 Å². The van der Waals surface area contributed by atoms with Crippen LogP contribution in [0.1, 0.15) is 20.3 Å². The van der Waals surface area contributed by atoms with Crippen LogP contribution in [-0.2, 0) is 9.63 Å². The Morgan fingerprint density at radius 3 is 2.67 bits per heavy atom. The Hall–Kier alpha value is -0.610. The van der Waals surface area contributed by atoms with Gasteiger partial charge in [0.05, 0.1) is 6.61 Å². The summed E-state index contributed by atoms with van der Waals surface area (Å²) < 4.78 is 0. The lowest BCUT2D eigenvalue weighted by Crippen LogP contribution is -2.28. The molecule has 0 radical (unpaired) electrons. The highest BCUT2D eigenvalue weighted by atomic mass is 16.6. The van der Waals surface area contributed by atoms with Crippen LogP contribution in [0, 0.1) is 5.92 Å². The van der Waals surface area contributed by atoms with Gasteiger partial charge in [-0.05, 0) is 13.0 Å². The third-order valence-electron chi connectivity index (χ3n) is 1.20. The van der Waals surface area contributed by atoms with E-state index in [1.807, 2.05) is 20.9 Å². The van der Waals surface area contributed by atoms with E-state index in [0.717, 1.165) is 0 Å². The predicted molar refractivity (Wildman–Crippen MR) is 47.5 cm³/mol. The Balaban J connectivity index is 3.20. The van der Waals surface area contributed by atoms with Crippen molar-refractivity contribution >= 4 is 5.91 Å². The Bertz CT molecular complexity index is 126. The van der Waals surface area contributed by atoms with E-state index < -0.39 is 0 Å². The van der Waals surface area contributed by atoms with Crippen molar-refractivity contribution < 1.29 is 9.63 Å². The van der Waals surface area contributed by atoms with Crippen molar-refractivity contribution in [3.05, 3.63) is 0 Å². The third kappa shape index (κ3) is 7.50. The van der Waals surface area contributed by atoms with Crippen LogP contribution < -0.4 is 10.8 Å². The van der Waals surface area contributed by atoms with E-state index in [2.05, 4.69) is 10.8 Å². The van der Waals surface area contributed by atoms with E-state index in [0.29, 0.717) is 25.5 Å². The molecule has 0 aromatic carbocycles. The third-order valence-corrected chi connectivity index (χ3v) is 1.20. The molecule has 0 spiro atoms. The molecule has 0 bridgehead atoms. The number of nitrogens with one attached hydrogen (secondary N) is 2. The normalized spacial score (nSPS) is 10.3. The van der Waals surface area contributed by atoms with Crippen LogP contribution in [0.5, 0.6) is 0 Å². The van der Waals surface area contributed by atoms with Crippen molar-refractivity contribution in [2.24, 2.45) is 5.92 Å². The number of carbonyl (C=O) groups is 1. The van der Waals surface area contributed by atoms with Gasteiger partial charge in [0.25, 0.3) is 0 Å². The van der Waals surface area contributed by atoms with Crippen LogP contribution >= 0.6 is 0 Å². The topological polar surface area (TPSA) is 50.4 Å². The fourth-order valence-electron chi connectivity index (χ4n) is 0.578. The smallest absolute Gasteiger partial charge is 0.244 e. The van der Waals surface area contributed by atoms with E-state index in [1.54, 1.807) is 0 Å². The molecule has 0 saturated heterocycles. The van der Waals surface area contributed by atoms with Crippen LogP contribution in [0.2, 0.25) is 0 Å². The number of hydrogen-bond donors (Lipinski definition) is 2. The molecule has 72 valence electrons. The zero-order valence-electron chi connectivity index (χ0n) is 8.02. The van der Waals surface area contributed by atoms with Gasteiger partial charge in [0.1, 0.15) is 0 Å². The molecular formula is C8H18N2O2. The minimum absolute atomic E-state index is 0.0787. The molecule has 0 unspecified atom stereocenters. The fourth-order valence-corrected chi connectivity index (χ4v) is 0.578. The second-order valence-corrected chi connectivity index (χ2v) is 3.08. The molecule has 1 amide bonds. The maximum atomic E-state index is 10.9. The van der Waals surface area contributed by atoms with Gasteiger partial charge in [0, 0.05) is 13.0 Å². The largest absolute Gasteiger partial charge is 0.319 e. The highest BCUT2D eigenvalue weighted by Crippen LogP contribution is 1.89. The lowest BCUT2D eigenvalue weighted by atomic mass is 10.2. The average molecular weight is 174 g/mol. The van der Waals surface area contributed by atoms with Gasteiger partial charge in [-0.25, -0.2) is 5.48 Å². The first-order valence-corrected chi connectivity index (χ1v) is 4.22. The van der Waals surface area contributed by atoms with Crippen molar-refractivity contribution in [2.45, 2.75) is 20.3 Å². The number of hydroxylamine groups is 1. The van der Waals surface area contributed by atoms with E-state index in [4.69, 9.17) is 4.84 Å². The first-order chi connectivity index (χ1) is 5.66. The van der Waals surface area contributed by atoms with E-state index in [1.165, 1.54) is 0 Å². The molecule has 4 nitrogen and oxygen atoms in total. The highest BCUT2D eigenvalue weighted by molar-refractivity contribution is 5.74. The maximum absolute atomic E-state index is 10.9. The van der Waals surface area contributed by atoms with Crippen LogP contribution in [0.4, 0.5) is 0 Å². The van der Waals surface area contributed by atoms with Crippen molar-refractivity contribution in [1.29, 1.82) is 0 Å². The number of carbonyl (C=O) groups excluding carboxylic acids is 1. The number of amides is 1. The van der Waals surface area contributed by atoms with Gasteiger partial charge in [0.2, 0.25) is 5.91 Å². The Morgan fingerprint density at radius 2 is 2.17 bits per heavy atom. The minimum Gasteiger partial charge on any atom is -0.319 e. The van der Waals surface area contributed by atoms with Crippen LogP contribution in [0.3, 0.4) is 0 Å². The summed E-state index contributed by atoms with van der Waals surface area (Å²) in [7, 11) is 1.81. The van der Waals surface area contributed by atoms with Gasteiger partial charge in [-0.2, -0.15) is 0 Å². The van der Waals surface area contributed by atoms with Crippen LogP contribution in [0.25, 0.3) is 0 Å². The van der Waals surface area contributed by atoms with Gasteiger partial charge in [-0.3, -0.25) is 9.63 Å². The second-order valence-electron chi connectivity index (χ2n) is 3.08. The molecule has 0 aliphatic rings. The summed E-state index contributed by atoms with van der Waals surface area (Å²) in [6.07, 6.45) is 0.453. The van der Waals surface area contributed by atoms with Gasteiger partial charge in [0.15, 0.2) is 0 Å². The molecule has 0 atom stereocenters. The molecule has 0 heterocycles. The molecule has 0 aliphatic heterocycles. The molecule has 0 aromatic heterocycles. The summed E-state index contributed by atoms with van der Waals surface area (Å²) in [5, 5.41) is 2.88. The molecular weight excluding hydrogens is 156 g/mol. The number of hydrogen-bond acceptors (Lipinski definition) is 3. The molecule has 0 aromatic rings. The van der Waals surface area contributed by atoms with Crippen molar-refractivity contribution in [3.63, 3.8) is 0 Å². The zero-order chi connectivity index (χ0) is 9.40. The van der Waals surface area contributed by atoms with Crippen LogP contribution in [-0.4, -0.2) is 26.1 Å². The Morgan fingerprint density at radius 1 is 1.50 bits per heavy atom. The average Bonchev–Trinajstić information content (AvgIpc) is 2.00. The zero-order valence-corrected chi connectivity index (χ0v) is 8.02. The molecule has 12 heavy (non-hydrogen) atoms. The Labute approximate surface area is 73.6 Å². The summed E-state index contributed by atoms with van der Waals surface area (Å²) in [5.41, 5.74) is 2.37. The quantitative estimate of drug-likeness (QED) is 0.569. The van der Waals surface area contributed by atoms with Crippen molar-refractivity contribution in [3.8, 4) is 0 Å². The van der Waals surface area contributed by atoms with Crippen LogP contribution in [0.15, 0.2) is 0 Å². The predicted octanol–water partition coefficient (Wildman–Crippen LogP) is 0.300. The SMILES string of the molecule is CNCCC(=O)NOCC(C)C. The van der Waals surface area contributed by atoms with Crippen molar-refractivity contribution in [1.82, 2.24) is 10.8 Å². The molecule has 4 heteroatoms. The monoisotopic (exact) mass is 174 g/mol. The molecule has 2 N–H and O–H groups in total. The Kier molecular flexibility index (Phi) is 6.70. The summed E-state index contributed by atoms with van der Waals surface area (Å²) in [6, 6.07) is 0. The standard InChI is InChI=1S/C8H18N2O2/c1-7(2)6-12-10-8(11)4-5-9-3/h7,9H,4-6H2,1-3H3,(H,10,11). The summed E-state index contributed by atoms with van der Waals surface area (Å²) >= 11 is 0. The molecule has 0 aliphatic carbocycles. The fraction of sp³-hybridized carbons (Fsp3) is 0.875. The maximum Gasteiger partial charge on any atom is 0.244 e. The summed E-state index contributed by atoms with van der Waals surface area (Å²) in [6.45, 7) is 5.29. The summed E-state index contributed by atoms with van der Waals surface area (Å²) in [5.74, 6) is 0.361. The van der Waals surface area contributed by atoms with Gasteiger partial charge >= 0.3 is 0 Å². The van der Waals surface area contributed by atoms with Gasteiger partial charge < -0.3 is 5.32 Å². The molecule has 0 saturated carbocycles. The first kappa shape index (κ1) is 11.4. The minimum atomic E-state index is -0.0787. The van der Waals surface area contributed by atoms with Gasteiger partial charge in [-0.15, -0.1) is 0 Å². The molecule has 0 rings (SSSR count).